The molecule has 0 radical (unpaired) electrons. The van der Waals surface area contributed by atoms with E-state index in [0.717, 1.165) is 31.4 Å². The lowest BCUT2D eigenvalue weighted by Gasteiger charge is -2.16. The van der Waals surface area contributed by atoms with Crippen molar-refractivity contribution in [3.05, 3.63) is 0 Å². The lowest BCUT2D eigenvalue weighted by molar-refractivity contribution is -0.143. The Morgan fingerprint density at radius 2 is 2.26 bits per heavy atom. The fraction of sp³-hybridized carbons (Fsp3) is 0.846. The van der Waals surface area contributed by atoms with Crippen molar-refractivity contribution in [3.63, 3.8) is 0 Å². The van der Waals surface area contributed by atoms with Crippen LogP contribution in [0.25, 0.3) is 0 Å². The van der Waals surface area contributed by atoms with Crippen LogP contribution in [0.5, 0.6) is 0 Å². The predicted octanol–water partition coefficient (Wildman–Crippen LogP) is 1.67. The van der Waals surface area contributed by atoms with Crippen molar-refractivity contribution in [1.29, 1.82) is 0 Å². The third-order valence-electron chi connectivity index (χ3n) is 3.52. The Morgan fingerprint density at radius 3 is 3.05 bits per heavy atom. The minimum atomic E-state index is -0.0883. The van der Waals surface area contributed by atoms with Gasteiger partial charge in [0, 0.05) is 17.4 Å². The summed E-state index contributed by atoms with van der Waals surface area (Å²) in [6.07, 6.45) is 4.32. The second-order valence-corrected chi connectivity index (χ2v) is 6.36. The number of esters is 1. The number of amides is 2. The molecule has 2 aliphatic heterocycles. The van der Waals surface area contributed by atoms with Gasteiger partial charge >= 0.3 is 12.0 Å². The van der Waals surface area contributed by atoms with E-state index in [0.29, 0.717) is 18.3 Å². The van der Waals surface area contributed by atoms with Crippen molar-refractivity contribution < 1.29 is 14.3 Å². The van der Waals surface area contributed by atoms with Gasteiger partial charge in [0.2, 0.25) is 0 Å². The highest BCUT2D eigenvalue weighted by molar-refractivity contribution is 8.00. The zero-order valence-corrected chi connectivity index (χ0v) is 12.1. The number of carbonyl (C=O) groups excluding carboxylic acids is 2. The van der Waals surface area contributed by atoms with Gasteiger partial charge in [0.05, 0.1) is 18.7 Å². The molecule has 2 amide bonds. The average Bonchev–Trinajstić information content (AvgIpc) is 2.92. The second kappa shape index (κ2) is 7.03. The molecule has 0 aliphatic carbocycles. The zero-order valence-electron chi connectivity index (χ0n) is 11.3. The maximum atomic E-state index is 11.3. The maximum absolute atomic E-state index is 11.3. The zero-order chi connectivity index (χ0) is 13.7. The van der Waals surface area contributed by atoms with Gasteiger partial charge in [-0.05, 0) is 19.3 Å². The minimum Gasteiger partial charge on any atom is -0.466 e. The van der Waals surface area contributed by atoms with Crippen LogP contribution in [0.15, 0.2) is 0 Å². The standard InChI is InChI=1S/C13H22N2O3S/c1-2-7-18-11(16)6-4-3-5-10-12-9(8-19-10)14-13(17)15-12/h9-10,12H,2-8H2,1H3,(H2,14,15,17)/t9-,10+,12-/m1/s1. The number of unbranched alkanes of at least 4 members (excludes halogenated alkanes) is 1. The molecular formula is C13H22N2O3S. The van der Waals surface area contributed by atoms with E-state index >= 15 is 0 Å². The lowest BCUT2D eigenvalue weighted by Crippen LogP contribution is -2.36. The smallest absolute Gasteiger partial charge is 0.315 e. The molecule has 6 heteroatoms. The van der Waals surface area contributed by atoms with E-state index in [9.17, 15) is 9.59 Å². The summed E-state index contributed by atoms with van der Waals surface area (Å²) in [6.45, 7) is 2.52. The quantitative estimate of drug-likeness (QED) is 0.424. The van der Waals surface area contributed by atoms with Crippen molar-refractivity contribution in [1.82, 2.24) is 10.6 Å². The molecule has 2 heterocycles. The Kier molecular flexibility index (Phi) is 5.36. The van der Waals surface area contributed by atoms with Crippen LogP contribution in [0.1, 0.15) is 39.0 Å². The van der Waals surface area contributed by atoms with Gasteiger partial charge in [0.15, 0.2) is 0 Å². The van der Waals surface area contributed by atoms with Gasteiger partial charge in [-0.1, -0.05) is 13.3 Å². The van der Waals surface area contributed by atoms with Crippen molar-refractivity contribution >= 4 is 23.8 Å². The molecule has 19 heavy (non-hydrogen) atoms. The van der Waals surface area contributed by atoms with Crippen LogP contribution < -0.4 is 10.6 Å². The first-order valence-electron chi connectivity index (χ1n) is 7.05. The molecule has 2 rings (SSSR count). The molecule has 0 bridgehead atoms. The van der Waals surface area contributed by atoms with E-state index in [2.05, 4.69) is 10.6 Å². The van der Waals surface area contributed by atoms with Crippen molar-refractivity contribution in [3.8, 4) is 0 Å². The summed E-state index contributed by atoms with van der Waals surface area (Å²) in [5.41, 5.74) is 0. The molecule has 2 saturated heterocycles. The highest BCUT2D eigenvalue weighted by Crippen LogP contribution is 2.33. The highest BCUT2D eigenvalue weighted by atomic mass is 32.2. The molecule has 0 aromatic rings. The third-order valence-corrected chi connectivity index (χ3v) is 5.03. The summed E-state index contributed by atoms with van der Waals surface area (Å²) in [7, 11) is 0. The molecule has 108 valence electrons. The Labute approximate surface area is 118 Å². The van der Waals surface area contributed by atoms with Crippen LogP contribution in [-0.4, -0.2) is 41.7 Å². The van der Waals surface area contributed by atoms with E-state index in [1.54, 1.807) is 0 Å². The summed E-state index contributed by atoms with van der Waals surface area (Å²) < 4.78 is 5.04. The summed E-state index contributed by atoms with van der Waals surface area (Å²) in [5.74, 6) is 0.904. The normalized spacial score (nSPS) is 28.7. The third kappa shape index (κ3) is 4.03. The molecule has 2 N–H and O–H groups in total. The van der Waals surface area contributed by atoms with E-state index in [4.69, 9.17) is 4.74 Å². The number of thioether (sulfide) groups is 1. The summed E-state index contributed by atoms with van der Waals surface area (Å²) >= 11 is 1.92. The average molecular weight is 286 g/mol. The van der Waals surface area contributed by atoms with Crippen LogP contribution in [-0.2, 0) is 9.53 Å². The molecule has 3 atom stereocenters. The molecule has 0 aromatic carbocycles. The molecule has 2 fully saturated rings. The fourth-order valence-electron chi connectivity index (χ4n) is 2.55. The topological polar surface area (TPSA) is 67.4 Å². The molecule has 0 unspecified atom stereocenters. The van der Waals surface area contributed by atoms with Gasteiger partial charge in [0.1, 0.15) is 0 Å². The van der Waals surface area contributed by atoms with Crippen LogP contribution in [0, 0.1) is 0 Å². The number of carbonyl (C=O) groups is 2. The van der Waals surface area contributed by atoms with E-state index < -0.39 is 0 Å². The van der Waals surface area contributed by atoms with Gasteiger partial charge in [0.25, 0.3) is 0 Å². The molecular weight excluding hydrogens is 264 g/mol. The summed E-state index contributed by atoms with van der Waals surface area (Å²) in [6, 6.07) is 0.519. The second-order valence-electron chi connectivity index (χ2n) is 5.09. The number of nitrogens with one attached hydrogen (secondary N) is 2. The highest BCUT2D eigenvalue weighted by Gasteiger charge is 2.42. The fourth-order valence-corrected chi connectivity index (χ4v) is 4.09. The monoisotopic (exact) mass is 286 g/mol. The molecule has 0 saturated carbocycles. The Balaban J connectivity index is 1.59. The van der Waals surface area contributed by atoms with Crippen molar-refractivity contribution in [2.45, 2.75) is 56.4 Å². The first-order valence-corrected chi connectivity index (χ1v) is 8.10. The number of hydrogen-bond acceptors (Lipinski definition) is 4. The molecule has 2 aliphatic rings. The summed E-state index contributed by atoms with van der Waals surface area (Å²) in [4.78, 5) is 22.6. The van der Waals surface area contributed by atoms with Crippen LogP contribution in [0.4, 0.5) is 4.79 Å². The predicted molar refractivity (Wildman–Crippen MR) is 75.2 cm³/mol. The van der Waals surface area contributed by atoms with E-state index in [-0.39, 0.29) is 24.1 Å². The number of urea groups is 1. The first kappa shape index (κ1) is 14.5. The Bertz CT molecular complexity index is 338. The summed E-state index contributed by atoms with van der Waals surface area (Å²) in [5, 5.41) is 6.40. The van der Waals surface area contributed by atoms with Crippen LogP contribution >= 0.6 is 11.8 Å². The van der Waals surface area contributed by atoms with Crippen molar-refractivity contribution in [2.24, 2.45) is 0 Å². The number of rotatable bonds is 7. The Hall–Kier alpha value is -0.910. The van der Waals surface area contributed by atoms with Crippen molar-refractivity contribution in [2.75, 3.05) is 12.4 Å². The minimum absolute atomic E-state index is 0.0385. The number of ether oxygens (including phenoxy) is 1. The number of fused-ring (bicyclic) bond motifs is 1. The SMILES string of the molecule is CCCOC(=O)CCCC[C@@H]1SC[C@H]2NC(=O)N[C@@H]12. The molecule has 0 spiro atoms. The van der Waals surface area contributed by atoms with Gasteiger partial charge in [-0.15, -0.1) is 0 Å². The van der Waals surface area contributed by atoms with Crippen LogP contribution in [0.3, 0.4) is 0 Å². The number of hydrogen-bond donors (Lipinski definition) is 2. The largest absolute Gasteiger partial charge is 0.466 e. The van der Waals surface area contributed by atoms with Gasteiger partial charge in [-0.2, -0.15) is 11.8 Å². The van der Waals surface area contributed by atoms with E-state index in [1.165, 1.54) is 0 Å². The molecule has 5 nitrogen and oxygen atoms in total. The molecule has 0 aromatic heterocycles. The van der Waals surface area contributed by atoms with Gasteiger partial charge in [-0.25, -0.2) is 4.79 Å². The van der Waals surface area contributed by atoms with Gasteiger partial charge < -0.3 is 15.4 Å². The Morgan fingerprint density at radius 1 is 1.42 bits per heavy atom. The van der Waals surface area contributed by atoms with E-state index in [1.807, 2.05) is 18.7 Å². The maximum Gasteiger partial charge on any atom is 0.315 e. The van der Waals surface area contributed by atoms with Crippen LogP contribution in [0.2, 0.25) is 0 Å². The van der Waals surface area contributed by atoms with Gasteiger partial charge in [-0.3, -0.25) is 4.79 Å². The lowest BCUT2D eigenvalue weighted by atomic mass is 10.0. The first-order chi connectivity index (χ1) is 9.20.